The van der Waals surface area contributed by atoms with Gasteiger partial charge in [0.25, 0.3) is 0 Å². The first kappa shape index (κ1) is 16.4. The zero-order valence-electron chi connectivity index (χ0n) is 12.8. The maximum absolute atomic E-state index is 12.4. The topological polar surface area (TPSA) is 97.4 Å². The molecule has 1 aliphatic heterocycles. The lowest BCUT2D eigenvalue weighted by Crippen LogP contribution is -2.48. The summed E-state index contributed by atoms with van der Waals surface area (Å²) >= 11 is 1.09. The number of carbonyl (C=O) groups excluding carboxylic acids is 3. The summed E-state index contributed by atoms with van der Waals surface area (Å²) < 4.78 is 4.95. The molecule has 1 aromatic rings. The van der Waals surface area contributed by atoms with Gasteiger partial charge in [0.2, 0.25) is 11.8 Å². The van der Waals surface area contributed by atoms with Gasteiger partial charge in [-0.1, -0.05) is 11.3 Å². The van der Waals surface area contributed by atoms with Gasteiger partial charge in [0, 0.05) is 13.0 Å². The largest absolute Gasteiger partial charge is 0.462 e. The Balaban J connectivity index is 2.07. The Morgan fingerprint density at radius 3 is 2.82 bits per heavy atom. The van der Waals surface area contributed by atoms with Crippen molar-refractivity contribution in [1.29, 1.82) is 0 Å². The molecule has 1 unspecified atom stereocenters. The summed E-state index contributed by atoms with van der Waals surface area (Å²) in [6.45, 7) is 5.81. The van der Waals surface area contributed by atoms with Crippen molar-refractivity contribution < 1.29 is 19.1 Å². The molecule has 2 heterocycles. The SMILES string of the molecule is CCOC(=O)c1sc(NC(=O)C2(C)CCC(=O)NC2)nc1C. The number of nitrogens with zero attached hydrogens (tertiary/aromatic N) is 1. The normalized spacial score (nSPS) is 21.1. The molecule has 1 aliphatic rings. The van der Waals surface area contributed by atoms with Crippen molar-refractivity contribution in [3.05, 3.63) is 10.6 Å². The van der Waals surface area contributed by atoms with Crippen LogP contribution in [0.4, 0.5) is 5.13 Å². The van der Waals surface area contributed by atoms with Crippen molar-refractivity contribution in [3.63, 3.8) is 0 Å². The van der Waals surface area contributed by atoms with Crippen LogP contribution in [0.2, 0.25) is 0 Å². The van der Waals surface area contributed by atoms with Gasteiger partial charge in [0.15, 0.2) is 5.13 Å². The summed E-state index contributed by atoms with van der Waals surface area (Å²) in [7, 11) is 0. The molecule has 1 atom stereocenters. The summed E-state index contributed by atoms with van der Waals surface area (Å²) in [5, 5.41) is 5.80. The fourth-order valence-electron chi connectivity index (χ4n) is 2.14. The average Bonchev–Trinajstić information content (AvgIpc) is 2.83. The molecule has 8 heteroatoms. The van der Waals surface area contributed by atoms with Crippen molar-refractivity contribution in [1.82, 2.24) is 10.3 Å². The zero-order valence-corrected chi connectivity index (χ0v) is 13.6. The van der Waals surface area contributed by atoms with E-state index in [0.29, 0.717) is 35.1 Å². The highest BCUT2D eigenvalue weighted by atomic mass is 32.1. The van der Waals surface area contributed by atoms with Crippen LogP contribution in [0.1, 0.15) is 42.1 Å². The fourth-order valence-corrected chi connectivity index (χ4v) is 2.99. The van der Waals surface area contributed by atoms with E-state index in [-0.39, 0.29) is 18.4 Å². The molecule has 0 saturated carbocycles. The molecule has 0 bridgehead atoms. The van der Waals surface area contributed by atoms with Crippen LogP contribution in [0.3, 0.4) is 0 Å². The van der Waals surface area contributed by atoms with Crippen LogP contribution >= 0.6 is 11.3 Å². The lowest BCUT2D eigenvalue weighted by atomic mass is 9.82. The number of piperidine rings is 1. The first-order valence-corrected chi connectivity index (χ1v) is 7.90. The second-order valence-electron chi connectivity index (χ2n) is 5.45. The minimum Gasteiger partial charge on any atom is -0.462 e. The number of hydrogen-bond acceptors (Lipinski definition) is 6. The number of nitrogens with one attached hydrogen (secondary N) is 2. The highest BCUT2D eigenvalue weighted by Crippen LogP contribution is 2.30. The molecule has 2 amide bonds. The molecule has 120 valence electrons. The summed E-state index contributed by atoms with van der Waals surface area (Å²) in [5.41, 5.74) is -0.141. The van der Waals surface area contributed by atoms with Crippen molar-refractivity contribution in [2.24, 2.45) is 5.41 Å². The number of esters is 1. The molecule has 0 spiro atoms. The van der Waals surface area contributed by atoms with Crippen molar-refractivity contribution >= 4 is 34.3 Å². The predicted octanol–water partition coefficient (Wildman–Crippen LogP) is 1.48. The number of ether oxygens (including phenoxy) is 1. The number of carbonyl (C=O) groups is 3. The van der Waals surface area contributed by atoms with E-state index in [2.05, 4.69) is 15.6 Å². The lowest BCUT2D eigenvalue weighted by molar-refractivity contribution is -0.130. The van der Waals surface area contributed by atoms with E-state index < -0.39 is 11.4 Å². The Morgan fingerprint density at radius 1 is 1.50 bits per heavy atom. The van der Waals surface area contributed by atoms with Crippen LogP contribution in [0.15, 0.2) is 0 Å². The molecule has 2 rings (SSSR count). The maximum atomic E-state index is 12.4. The highest BCUT2D eigenvalue weighted by Gasteiger charge is 2.37. The van der Waals surface area contributed by atoms with Crippen LogP contribution in [0, 0.1) is 12.3 Å². The third-order valence-corrected chi connectivity index (χ3v) is 4.66. The maximum Gasteiger partial charge on any atom is 0.350 e. The number of aryl methyl sites for hydroxylation is 1. The molecule has 2 N–H and O–H groups in total. The Hall–Kier alpha value is -1.96. The molecule has 0 aromatic carbocycles. The van der Waals surface area contributed by atoms with Crippen molar-refractivity contribution in [2.45, 2.75) is 33.6 Å². The van der Waals surface area contributed by atoms with Crippen LogP contribution in [0.5, 0.6) is 0 Å². The van der Waals surface area contributed by atoms with Gasteiger partial charge >= 0.3 is 5.97 Å². The van der Waals surface area contributed by atoms with Crippen LogP contribution in [-0.4, -0.2) is 35.9 Å². The molecular formula is C14H19N3O4S. The molecule has 0 radical (unpaired) electrons. The lowest BCUT2D eigenvalue weighted by Gasteiger charge is -2.31. The first-order chi connectivity index (χ1) is 10.4. The fraction of sp³-hybridized carbons (Fsp3) is 0.571. The molecule has 7 nitrogen and oxygen atoms in total. The van der Waals surface area contributed by atoms with Gasteiger partial charge in [-0.05, 0) is 27.2 Å². The number of thiazole rings is 1. The Morgan fingerprint density at radius 2 is 2.23 bits per heavy atom. The third-order valence-electron chi connectivity index (χ3n) is 3.61. The minimum absolute atomic E-state index is 0.0417. The minimum atomic E-state index is -0.669. The second-order valence-corrected chi connectivity index (χ2v) is 6.44. The number of aromatic nitrogens is 1. The van der Waals surface area contributed by atoms with Gasteiger partial charge in [-0.3, -0.25) is 9.59 Å². The van der Waals surface area contributed by atoms with E-state index >= 15 is 0 Å². The van der Waals surface area contributed by atoms with E-state index in [9.17, 15) is 14.4 Å². The standard InChI is InChI=1S/C14H19N3O4S/c1-4-21-11(19)10-8(2)16-13(22-10)17-12(20)14(3)6-5-9(18)15-7-14/h4-7H2,1-3H3,(H,15,18)(H,16,17,20). The monoisotopic (exact) mass is 325 g/mol. The Kier molecular flexibility index (Phi) is 4.80. The van der Waals surface area contributed by atoms with Gasteiger partial charge in [-0.2, -0.15) is 0 Å². The van der Waals surface area contributed by atoms with Crippen molar-refractivity contribution in [3.8, 4) is 0 Å². The molecule has 1 aromatic heterocycles. The molecular weight excluding hydrogens is 306 g/mol. The van der Waals surface area contributed by atoms with Gasteiger partial charge in [-0.15, -0.1) is 0 Å². The smallest absolute Gasteiger partial charge is 0.350 e. The molecule has 0 aliphatic carbocycles. The van der Waals surface area contributed by atoms with Gasteiger partial charge < -0.3 is 15.4 Å². The van der Waals surface area contributed by atoms with E-state index in [4.69, 9.17) is 4.74 Å². The predicted molar refractivity (Wildman–Crippen MR) is 81.8 cm³/mol. The van der Waals surface area contributed by atoms with Gasteiger partial charge in [0.05, 0.1) is 17.7 Å². The Labute approximate surface area is 132 Å². The van der Waals surface area contributed by atoms with E-state index in [0.717, 1.165) is 11.3 Å². The second kappa shape index (κ2) is 6.43. The number of rotatable bonds is 4. The zero-order chi connectivity index (χ0) is 16.3. The molecule has 22 heavy (non-hydrogen) atoms. The van der Waals surface area contributed by atoms with E-state index in [1.807, 2.05) is 0 Å². The van der Waals surface area contributed by atoms with Crippen molar-refractivity contribution in [2.75, 3.05) is 18.5 Å². The number of anilines is 1. The van der Waals surface area contributed by atoms with E-state index in [1.54, 1.807) is 20.8 Å². The average molecular weight is 325 g/mol. The van der Waals surface area contributed by atoms with Crippen LogP contribution in [0.25, 0.3) is 0 Å². The van der Waals surface area contributed by atoms with Gasteiger partial charge in [-0.25, -0.2) is 9.78 Å². The number of hydrogen-bond donors (Lipinski definition) is 2. The molecule has 1 saturated heterocycles. The number of amides is 2. The Bertz CT molecular complexity index is 601. The van der Waals surface area contributed by atoms with Crippen LogP contribution in [-0.2, 0) is 14.3 Å². The highest BCUT2D eigenvalue weighted by molar-refractivity contribution is 7.17. The summed E-state index contributed by atoms with van der Waals surface area (Å²) in [4.78, 5) is 39.9. The molecule has 1 fully saturated rings. The summed E-state index contributed by atoms with van der Waals surface area (Å²) in [6, 6.07) is 0. The first-order valence-electron chi connectivity index (χ1n) is 7.08. The quantitative estimate of drug-likeness (QED) is 0.817. The van der Waals surface area contributed by atoms with Crippen LogP contribution < -0.4 is 10.6 Å². The third kappa shape index (κ3) is 3.44. The summed E-state index contributed by atoms with van der Waals surface area (Å²) in [5.74, 6) is -0.689. The van der Waals surface area contributed by atoms with E-state index in [1.165, 1.54) is 0 Å². The summed E-state index contributed by atoms with van der Waals surface area (Å²) in [6.07, 6.45) is 0.814. The van der Waals surface area contributed by atoms with Gasteiger partial charge in [0.1, 0.15) is 4.88 Å².